The number of aromatic amines is 1. The normalized spacial score (nSPS) is 13.1. The number of aryl methyl sites for hydroxylation is 2. The number of aromatic nitrogens is 4. The fraction of sp³-hybridized carbons (Fsp3) is 0.467. The van der Waals surface area contributed by atoms with Gasteiger partial charge in [-0.1, -0.05) is 0 Å². The second kappa shape index (κ2) is 6.73. The average molecular weight is 331 g/mol. The number of likely N-dealkylation sites (N-methyl/N-ethyl adjacent to an activating group) is 1. The molecule has 9 nitrogen and oxygen atoms in total. The van der Waals surface area contributed by atoms with Crippen LogP contribution in [-0.4, -0.2) is 63.4 Å². The van der Waals surface area contributed by atoms with E-state index in [9.17, 15) is 9.59 Å². The van der Waals surface area contributed by atoms with Crippen molar-refractivity contribution in [3.05, 3.63) is 29.2 Å². The van der Waals surface area contributed by atoms with Gasteiger partial charge in [-0.05, 0) is 18.9 Å². The minimum absolute atomic E-state index is 0.161. The molecule has 0 atom stereocenters. The van der Waals surface area contributed by atoms with Gasteiger partial charge in [-0.25, -0.2) is 4.68 Å². The summed E-state index contributed by atoms with van der Waals surface area (Å²) in [7, 11) is 1.70. The monoisotopic (exact) mass is 331 g/mol. The van der Waals surface area contributed by atoms with Crippen LogP contribution in [0.3, 0.4) is 0 Å². The number of nitrogens with zero attached hydrogens (tertiary/aromatic N) is 4. The minimum Gasteiger partial charge on any atom is -0.370 e. The van der Waals surface area contributed by atoms with Crippen LogP contribution in [0.25, 0.3) is 0 Å². The van der Waals surface area contributed by atoms with E-state index in [4.69, 9.17) is 0 Å². The molecule has 0 bridgehead atoms. The highest BCUT2D eigenvalue weighted by atomic mass is 16.2. The molecule has 0 aliphatic carbocycles. The molecule has 3 N–H and O–H groups in total. The summed E-state index contributed by atoms with van der Waals surface area (Å²) in [4.78, 5) is 25.9. The van der Waals surface area contributed by atoms with Gasteiger partial charge < -0.3 is 15.5 Å². The second-order valence-corrected chi connectivity index (χ2v) is 5.83. The zero-order valence-corrected chi connectivity index (χ0v) is 13.8. The van der Waals surface area contributed by atoms with E-state index in [1.165, 1.54) is 0 Å². The van der Waals surface area contributed by atoms with Gasteiger partial charge in [0.05, 0.1) is 6.20 Å². The Morgan fingerprint density at radius 3 is 3.00 bits per heavy atom. The van der Waals surface area contributed by atoms with Gasteiger partial charge in [0, 0.05) is 39.3 Å². The van der Waals surface area contributed by atoms with Crippen molar-refractivity contribution in [1.29, 1.82) is 0 Å². The molecule has 0 saturated carbocycles. The van der Waals surface area contributed by atoms with Crippen LogP contribution in [0.1, 0.15) is 33.0 Å². The van der Waals surface area contributed by atoms with E-state index in [1.54, 1.807) is 24.2 Å². The van der Waals surface area contributed by atoms with Crippen molar-refractivity contribution in [3.8, 4) is 0 Å². The van der Waals surface area contributed by atoms with Gasteiger partial charge in [0.25, 0.3) is 11.8 Å². The van der Waals surface area contributed by atoms with Gasteiger partial charge in [-0.3, -0.25) is 14.7 Å². The zero-order chi connectivity index (χ0) is 17.1. The van der Waals surface area contributed by atoms with Crippen molar-refractivity contribution >= 4 is 17.6 Å². The summed E-state index contributed by atoms with van der Waals surface area (Å²) in [5, 5.41) is 16.8. The van der Waals surface area contributed by atoms with Crippen LogP contribution in [0.15, 0.2) is 12.3 Å². The summed E-state index contributed by atoms with van der Waals surface area (Å²) in [6.45, 7) is 4.27. The Labute approximate surface area is 139 Å². The Bertz CT molecular complexity index is 725. The Hall–Kier alpha value is -2.84. The number of amides is 2. The molecule has 0 spiro atoms. The molecule has 24 heavy (non-hydrogen) atoms. The lowest BCUT2D eigenvalue weighted by Crippen LogP contribution is -2.36. The highest BCUT2D eigenvalue weighted by molar-refractivity contribution is 5.94. The maximum atomic E-state index is 12.4. The third-order valence-electron chi connectivity index (χ3n) is 3.99. The van der Waals surface area contributed by atoms with Crippen LogP contribution in [0.5, 0.6) is 0 Å². The molecule has 2 aromatic heterocycles. The van der Waals surface area contributed by atoms with Crippen molar-refractivity contribution in [2.24, 2.45) is 0 Å². The number of hydrogen-bond donors (Lipinski definition) is 3. The van der Waals surface area contributed by atoms with Gasteiger partial charge in [-0.15, -0.1) is 0 Å². The molecule has 1 aliphatic rings. The van der Waals surface area contributed by atoms with Crippen LogP contribution in [0, 0.1) is 6.92 Å². The van der Waals surface area contributed by atoms with Gasteiger partial charge in [-0.2, -0.15) is 10.2 Å². The standard InChI is InChI=1S/C15H21N7O2/c1-10-9-18-19-13(10)14(23)17-5-7-21(2)15(24)11-8-12-16-4-3-6-22(12)20-11/h8-9,16H,3-7H2,1-2H3,(H,17,23)(H,18,19). The summed E-state index contributed by atoms with van der Waals surface area (Å²) in [6, 6.07) is 1.77. The molecule has 2 aromatic rings. The zero-order valence-electron chi connectivity index (χ0n) is 13.8. The van der Waals surface area contributed by atoms with Gasteiger partial charge >= 0.3 is 0 Å². The molecule has 0 aromatic carbocycles. The van der Waals surface area contributed by atoms with E-state index in [0.29, 0.717) is 24.5 Å². The Morgan fingerprint density at radius 1 is 1.46 bits per heavy atom. The molecule has 3 rings (SSSR count). The van der Waals surface area contributed by atoms with Crippen LogP contribution >= 0.6 is 0 Å². The Balaban J connectivity index is 1.52. The number of anilines is 1. The number of nitrogens with one attached hydrogen (secondary N) is 3. The highest BCUT2D eigenvalue weighted by Gasteiger charge is 2.19. The first-order valence-corrected chi connectivity index (χ1v) is 7.91. The van der Waals surface area contributed by atoms with Crippen molar-refractivity contribution in [2.75, 3.05) is 32.0 Å². The smallest absolute Gasteiger partial charge is 0.274 e. The van der Waals surface area contributed by atoms with Crippen molar-refractivity contribution in [1.82, 2.24) is 30.2 Å². The number of carbonyl (C=O) groups excluding carboxylic acids is 2. The molecule has 0 radical (unpaired) electrons. The lowest BCUT2D eigenvalue weighted by Gasteiger charge is -2.16. The molecule has 1 aliphatic heterocycles. The second-order valence-electron chi connectivity index (χ2n) is 5.83. The number of fused-ring (bicyclic) bond motifs is 1. The molecule has 128 valence electrons. The molecule has 0 unspecified atom stereocenters. The first-order valence-electron chi connectivity index (χ1n) is 7.91. The summed E-state index contributed by atoms with van der Waals surface area (Å²) in [6.07, 6.45) is 2.59. The summed E-state index contributed by atoms with van der Waals surface area (Å²) >= 11 is 0. The van der Waals surface area contributed by atoms with Gasteiger partial charge in [0.2, 0.25) is 0 Å². The predicted molar refractivity (Wildman–Crippen MR) is 88.0 cm³/mol. The maximum absolute atomic E-state index is 12.4. The summed E-state index contributed by atoms with van der Waals surface area (Å²) in [5.41, 5.74) is 1.64. The van der Waals surface area contributed by atoms with E-state index in [2.05, 4.69) is 25.9 Å². The number of H-pyrrole nitrogens is 1. The van der Waals surface area contributed by atoms with Gasteiger partial charge in [0.1, 0.15) is 11.5 Å². The van der Waals surface area contributed by atoms with Crippen LogP contribution < -0.4 is 10.6 Å². The highest BCUT2D eigenvalue weighted by Crippen LogP contribution is 2.16. The van der Waals surface area contributed by atoms with E-state index in [1.807, 2.05) is 11.6 Å². The molecule has 0 saturated heterocycles. The molecule has 9 heteroatoms. The van der Waals surface area contributed by atoms with Crippen LogP contribution in [-0.2, 0) is 6.54 Å². The molecule has 0 fully saturated rings. The molecule has 2 amide bonds. The fourth-order valence-electron chi connectivity index (χ4n) is 2.58. The van der Waals surface area contributed by atoms with Crippen LogP contribution in [0.4, 0.5) is 5.82 Å². The lowest BCUT2D eigenvalue weighted by molar-refractivity contribution is 0.0780. The predicted octanol–water partition coefficient (Wildman–Crippen LogP) is 0.232. The third kappa shape index (κ3) is 3.24. The van der Waals surface area contributed by atoms with E-state index < -0.39 is 0 Å². The molecular weight excluding hydrogens is 310 g/mol. The van der Waals surface area contributed by atoms with Crippen molar-refractivity contribution in [2.45, 2.75) is 19.9 Å². The van der Waals surface area contributed by atoms with E-state index in [0.717, 1.165) is 30.9 Å². The quantitative estimate of drug-likeness (QED) is 0.727. The van der Waals surface area contributed by atoms with E-state index in [-0.39, 0.29) is 11.8 Å². The van der Waals surface area contributed by atoms with Crippen LogP contribution in [0.2, 0.25) is 0 Å². The lowest BCUT2D eigenvalue weighted by atomic mass is 10.2. The number of carbonyl (C=O) groups is 2. The summed E-state index contributed by atoms with van der Waals surface area (Å²) in [5.74, 6) is 0.485. The van der Waals surface area contributed by atoms with Crippen molar-refractivity contribution < 1.29 is 9.59 Å². The Morgan fingerprint density at radius 2 is 2.29 bits per heavy atom. The largest absolute Gasteiger partial charge is 0.370 e. The summed E-state index contributed by atoms with van der Waals surface area (Å²) < 4.78 is 1.81. The fourth-order valence-corrected chi connectivity index (χ4v) is 2.58. The molecule has 3 heterocycles. The van der Waals surface area contributed by atoms with E-state index >= 15 is 0 Å². The topological polar surface area (TPSA) is 108 Å². The molecular formula is C15H21N7O2. The Kier molecular flexibility index (Phi) is 4.50. The first kappa shape index (κ1) is 16.0. The minimum atomic E-state index is -0.229. The first-order chi connectivity index (χ1) is 11.6. The number of rotatable bonds is 5. The SMILES string of the molecule is Cc1cn[nH]c1C(=O)NCCN(C)C(=O)c1cc2n(n1)CCCN2. The van der Waals surface area contributed by atoms with Crippen molar-refractivity contribution in [3.63, 3.8) is 0 Å². The van der Waals surface area contributed by atoms with Gasteiger partial charge in [0.15, 0.2) is 5.69 Å². The third-order valence-corrected chi connectivity index (χ3v) is 3.99. The maximum Gasteiger partial charge on any atom is 0.274 e. The number of hydrogen-bond acceptors (Lipinski definition) is 5. The average Bonchev–Trinajstić information content (AvgIpc) is 3.19.